The third kappa shape index (κ3) is 4.17. The van der Waals surface area contributed by atoms with Gasteiger partial charge in [0.2, 0.25) is 5.91 Å². The number of rotatable bonds is 3. The zero-order chi connectivity index (χ0) is 22.5. The first-order valence-electron chi connectivity index (χ1n) is 9.54. The van der Waals surface area contributed by atoms with E-state index in [4.69, 9.17) is 23.2 Å². The quantitative estimate of drug-likeness (QED) is 0.631. The zero-order valence-electron chi connectivity index (χ0n) is 15.9. The number of hydrogen-bond donors (Lipinski definition) is 0. The van der Waals surface area contributed by atoms with Crippen LogP contribution in [0.25, 0.3) is 0 Å². The smallest absolute Gasteiger partial charge is 0.338 e. The molecule has 13 heteroatoms. The van der Waals surface area contributed by atoms with Gasteiger partial charge in [-0.15, -0.1) is 0 Å². The Morgan fingerprint density at radius 1 is 1.26 bits per heavy atom. The van der Waals surface area contributed by atoms with Crippen LogP contribution in [0.2, 0.25) is 10.0 Å². The number of halogens is 6. The van der Waals surface area contributed by atoms with E-state index in [0.29, 0.717) is 0 Å². The van der Waals surface area contributed by atoms with E-state index in [1.807, 2.05) is 0 Å². The molecule has 0 radical (unpaired) electrons. The van der Waals surface area contributed by atoms with Crippen LogP contribution < -0.4 is 5.69 Å². The topological polar surface area (TPSA) is 73.0 Å². The molecular formula is C18H17Cl2F4N5O2. The number of nitrogens with zero attached hydrogens (tertiary/aromatic N) is 5. The summed E-state index contributed by atoms with van der Waals surface area (Å²) in [7, 11) is 0. The minimum Gasteiger partial charge on any atom is -0.338 e. The summed E-state index contributed by atoms with van der Waals surface area (Å²) in [5.41, 5.74) is -0.634. The summed E-state index contributed by atoms with van der Waals surface area (Å²) in [4.78, 5) is 31.1. The predicted molar refractivity (Wildman–Crippen MR) is 103 cm³/mol. The summed E-state index contributed by atoms with van der Waals surface area (Å²) in [6.07, 6.45) is -5.18. The SMILES string of the molecule is O=C(C1C(C(F)(F)F)CCc2nn(Cc3ncc(Cl)cc3Cl)c(=O)n21)N1CC[C@H](F)C1. The van der Waals surface area contributed by atoms with Gasteiger partial charge in [0.05, 0.1) is 34.7 Å². The van der Waals surface area contributed by atoms with Gasteiger partial charge in [-0.25, -0.2) is 13.9 Å². The number of hydrogen-bond acceptors (Lipinski definition) is 4. The summed E-state index contributed by atoms with van der Waals surface area (Å²) in [6, 6.07) is -0.414. The molecule has 0 N–H and O–H groups in total. The van der Waals surface area contributed by atoms with Gasteiger partial charge >= 0.3 is 11.9 Å². The average molecular weight is 482 g/mol. The molecule has 7 nitrogen and oxygen atoms in total. The van der Waals surface area contributed by atoms with E-state index in [1.165, 1.54) is 12.3 Å². The van der Waals surface area contributed by atoms with Crippen LogP contribution in [0.5, 0.6) is 0 Å². The molecule has 0 aliphatic carbocycles. The van der Waals surface area contributed by atoms with Gasteiger partial charge in [-0.3, -0.25) is 14.3 Å². The van der Waals surface area contributed by atoms with Gasteiger partial charge in [0.1, 0.15) is 18.0 Å². The molecule has 3 atom stereocenters. The first-order valence-corrected chi connectivity index (χ1v) is 10.3. The van der Waals surface area contributed by atoms with Gasteiger partial charge in [0.25, 0.3) is 0 Å². The highest BCUT2D eigenvalue weighted by Crippen LogP contribution is 2.42. The van der Waals surface area contributed by atoms with Crippen LogP contribution in [0.15, 0.2) is 17.1 Å². The van der Waals surface area contributed by atoms with Crippen LogP contribution in [0.1, 0.15) is 30.4 Å². The van der Waals surface area contributed by atoms with Crippen molar-refractivity contribution in [2.24, 2.45) is 5.92 Å². The highest BCUT2D eigenvalue weighted by molar-refractivity contribution is 6.34. The van der Waals surface area contributed by atoms with Crippen LogP contribution in [0, 0.1) is 5.92 Å². The van der Waals surface area contributed by atoms with Crippen molar-refractivity contribution in [3.8, 4) is 0 Å². The van der Waals surface area contributed by atoms with Crippen LogP contribution in [0.3, 0.4) is 0 Å². The van der Waals surface area contributed by atoms with Crippen LogP contribution in [-0.2, 0) is 17.8 Å². The lowest BCUT2D eigenvalue weighted by molar-refractivity contribution is -0.196. The number of alkyl halides is 4. The summed E-state index contributed by atoms with van der Waals surface area (Å²) in [6.45, 7) is -0.491. The molecule has 31 heavy (non-hydrogen) atoms. The number of fused-ring (bicyclic) bond motifs is 1. The van der Waals surface area contributed by atoms with Crippen molar-refractivity contribution in [1.29, 1.82) is 0 Å². The molecule has 2 aromatic heterocycles. The molecular weight excluding hydrogens is 465 g/mol. The number of likely N-dealkylation sites (tertiary alicyclic amines) is 1. The molecule has 4 rings (SSSR count). The maximum Gasteiger partial charge on any atom is 0.394 e. The fraction of sp³-hybridized carbons (Fsp3) is 0.556. The standard InChI is InChI=1S/C18H17Cl2F4N5O2/c19-9-5-12(20)13(25-6-9)8-28-17(31)29-14(26-28)2-1-11(18(22,23)24)15(29)16(30)27-4-3-10(21)7-27/h5-6,10-11,15H,1-4,7-8H2/t10-,11?,15?/m0/s1. The molecule has 1 amide bonds. The largest absolute Gasteiger partial charge is 0.394 e. The Balaban J connectivity index is 1.74. The minimum absolute atomic E-state index is 0.00357. The Morgan fingerprint density at radius 3 is 2.61 bits per heavy atom. The maximum absolute atomic E-state index is 13.8. The van der Waals surface area contributed by atoms with Crippen molar-refractivity contribution in [3.63, 3.8) is 0 Å². The Kier molecular flexibility index (Phi) is 5.76. The predicted octanol–water partition coefficient (Wildman–Crippen LogP) is 3.03. The fourth-order valence-corrected chi connectivity index (χ4v) is 4.51. The van der Waals surface area contributed by atoms with E-state index < -0.39 is 42.3 Å². The molecule has 4 heterocycles. The van der Waals surface area contributed by atoms with E-state index >= 15 is 0 Å². The highest BCUT2D eigenvalue weighted by atomic mass is 35.5. The second kappa shape index (κ2) is 8.09. The van der Waals surface area contributed by atoms with Gasteiger partial charge in [-0.1, -0.05) is 23.2 Å². The Hall–Kier alpha value is -2.14. The number of carbonyl (C=O) groups is 1. The second-order valence-electron chi connectivity index (χ2n) is 7.61. The number of amides is 1. The van der Waals surface area contributed by atoms with Crippen molar-refractivity contribution < 1.29 is 22.4 Å². The van der Waals surface area contributed by atoms with E-state index in [0.717, 1.165) is 14.1 Å². The average Bonchev–Trinajstić information content (AvgIpc) is 3.26. The Bertz CT molecular complexity index is 1070. The third-order valence-corrected chi connectivity index (χ3v) is 6.11. The molecule has 0 spiro atoms. The Morgan fingerprint density at radius 2 is 2.00 bits per heavy atom. The molecule has 2 aliphatic heterocycles. The Labute approximate surface area is 183 Å². The van der Waals surface area contributed by atoms with Crippen molar-refractivity contribution in [2.45, 2.75) is 44.2 Å². The summed E-state index contributed by atoms with van der Waals surface area (Å²) in [5.74, 6) is -2.93. The number of pyridine rings is 1. The van der Waals surface area contributed by atoms with E-state index in [2.05, 4.69) is 10.1 Å². The lowest BCUT2D eigenvalue weighted by atomic mass is 9.89. The number of carbonyl (C=O) groups excluding carboxylic acids is 1. The van der Waals surface area contributed by atoms with E-state index in [1.54, 1.807) is 0 Å². The highest BCUT2D eigenvalue weighted by Gasteiger charge is 2.53. The first kappa shape index (κ1) is 22.1. The van der Waals surface area contributed by atoms with Gasteiger partial charge in [0, 0.05) is 19.2 Å². The molecule has 168 valence electrons. The van der Waals surface area contributed by atoms with Gasteiger partial charge in [-0.2, -0.15) is 18.3 Å². The summed E-state index contributed by atoms with van der Waals surface area (Å²) in [5, 5.41) is 4.57. The van der Waals surface area contributed by atoms with Crippen molar-refractivity contribution in [1.82, 2.24) is 24.2 Å². The zero-order valence-corrected chi connectivity index (χ0v) is 17.5. The van der Waals surface area contributed by atoms with E-state index in [-0.39, 0.29) is 54.0 Å². The van der Waals surface area contributed by atoms with Crippen molar-refractivity contribution >= 4 is 29.1 Å². The van der Waals surface area contributed by atoms with Crippen LogP contribution in [-0.4, -0.2) is 55.6 Å². The normalized spacial score (nSPS) is 23.8. The molecule has 0 saturated carbocycles. The molecule has 1 fully saturated rings. The van der Waals surface area contributed by atoms with Gasteiger partial charge < -0.3 is 4.90 Å². The first-order chi connectivity index (χ1) is 14.6. The van der Waals surface area contributed by atoms with Crippen molar-refractivity contribution in [2.75, 3.05) is 13.1 Å². The van der Waals surface area contributed by atoms with Crippen molar-refractivity contribution in [3.05, 3.63) is 44.3 Å². The summed E-state index contributed by atoms with van der Waals surface area (Å²) >= 11 is 11.9. The van der Waals surface area contributed by atoms with Gasteiger partial charge in [0.15, 0.2) is 0 Å². The molecule has 1 saturated heterocycles. The fourth-order valence-electron chi connectivity index (χ4n) is 4.07. The lowest BCUT2D eigenvalue weighted by Crippen LogP contribution is -2.49. The monoisotopic (exact) mass is 481 g/mol. The number of aromatic nitrogens is 4. The minimum atomic E-state index is -4.71. The molecule has 2 aromatic rings. The van der Waals surface area contributed by atoms with E-state index in [9.17, 15) is 27.2 Å². The number of aryl methyl sites for hydroxylation is 1. The molecule has 2 unspecified atom stereocenters. The summed E-state index contributed by atoms with van der Waals surface area (Å²) < 4.78 is 56.6. The van der Waals surface area contributed by atoms with Gasteiger partial charge in [-0.05, 0) is 18.9 Å². The van der Waals surface area contributed by atoms with Crippen LogP contribution >= 0.6 is 23.2 Å². The molecule has 0 aromatic carbocycles. The van der Waals surface area contributed by atoms with Crippen LogP contribution in [0.4, 0.5) is 17.6 Å². The molecule has 0 bridgehead atoms. The third-order valence-electron chi connectivity index (χ3n) is 5.58. The maximum atomic E-state index is 13.8. The second-order valence-corrected chi connectivity index (χ2v) is 8.45. The molecule has 2 aliphatic rings. The lowest BCUT2D eigenvalue weighted by Gasteiger charge is -2.34.